The number of carbonyl (C=O) groups is 2. The number of carboxylic acid groups (broad SMARTS) is 1. The molecule has 5 nitrogen and oxygen atoms in total. The molecule has 2 heterocycles. The molecule has 1 amide bonds. The van der Waals surface area contributed by atoms with Crippen molar-refractivity contribution < 1.29 is 19.4 Å². The number of fused-ring (bicyclic) bond motifs is 1. The summed E-state index contributed by atoms with van der Waals surface area (Å²) < 4.78 is 5.09. The van der Waals surface area contributed by atoms with Gasteiger partial charge in [-0.3, -0.25) is 9.59 Å². The van der Waals surface area contributed by atoms with Crippen LogP contribution >= 0.6 is 0 Å². The number of rotatable bonds is 3. The van der Waals surface area contributed by atoms with E-state index in [9.17, 15) is 14.7 Å². The smallest absolute Gasteiger partial charge is 0.319 e. The molecule has 1 saturated heterocycles. The first-order valence-corrected chi connectivity index (χ1v) is 6.48. The minimum atomic E-state index is -1.21. The number of amides is 1. The predicted molar refractivity (Wildman–Crippen MR) is 70.7 cm³/mol. The molecule has 0 aromatic heterocycles. The van der Waals surface area contributed by atoms with Crippen molar-refractivity contribution in [2.24, 2.45) is 5.41 Å². The molecule has 0 saturated carbocycles. The number of carbonyl (C=O) groups excluding carboxylic acids is 1. The molecular weight excluding hydrogens is 258 g/mol. The third-order valence-corrected chi connectivity index (χ3v) is 4.14. The van der Waals surface area contributed by atoms with Crippen molar-refractivity contribution in [2.75, 3.05) is 13.2 Å². The van der Waals surface area contributed by atoms with Crippen molar-refractivity contribution in [3.63, 3.8) is 0 Å². The van der Waals surface area contributed by atoms with E-state index in [2.05, 4.69) is 0 Å². The van der Waals surface area contributed by atoms with Crippen LogP contribution in [0.3, 0.4) is 0 Å². The van der Waals surface area contributed by atoms with E-state index in [1.165, 1.54) is 6.26 Å². The van der Waals surface area contributed by atoms with E-state index in [-0.39, 0.29) is 30.7 Å². The van der Waals surface area contributed by atoms with E-state index in [4.69, 9.17) is 4.74 Å². The summed E-state index contributed by atoms with van der Waals surface area (Å²) in [5, 5.41) is 9.46. The number of hydrogen-bond acceptors (Lipinski definition) is 3. The molecule has 1 aromatic rings. The first-order valence-electron chi connectivity index (χ1n) is 6.48. The fourth-order valence-corrected chi connectivity index (χ4v) is 2.83. The first-order chi connectivity index (χ1) is 9.56. The molecule has 1 aromatic carbocycles. The molecule has 2 aliphatic heterocycles. The molecule has 0 radical (unpaired) electrons. The zero-order valence-electron chi connectivity index (χ0n) is 11.1. The third-order valence-electron chi connectivity index (χ3n) is 4.14. The number of hydrogen-bond donors (Lipinski definition) is 1. The van der Waals surface area contributed by atoms with Gasteiger partial charge in [-0.25, -0.2) is 0 Å². The Kier molecular flexibility index (Phi) is 2.78. The van der Waals surface area contributed by atoms with E-state index in [1.807, 2.05) is 37.3 Å². The average molecular weight is 273 g/mol. The maximum absolute atomic E-state index is 12.4. The highest BCUT2D eigenvalue weighted by atomic mass is 16.5. The quantitative estimate of drug-likeness (QED) is 0.908. The molecule has 0 aliphatic carbocycles. The highest BCUT2D eigenvalue weighted by Gasteiger charge is 2.58. The summed E-state index contributed by atoms with van der Waals surface area (Å²) in [5.74, 6) is -1.25. The largest absolute Gasteiger partial charge is 0.499 e. The fourth-order valence-electron chi connectivity index (χ4n) is 2.83. The van der Waals surface area contributed by atoms with Gasteiger partial charge in [0.15, 0.2) is 5.41 Å². The minimum Gasteiger partial charge on any atom is -0.499 e. The summed E-state index contributed by atoms with van der Waals surface area (Å²) >= 11 is 0. The zero-order chi connectivity index (χ0) is 14.3. The molecule has 2 aliphatic rings. The minimum absolute atomic E-state index is 0.0292. The van der Waals surface area contributed by atoms with E-state index in [1.54, 1.807) is 4.90 Å². The van der Waals surface area contributed by atoms with Crippen LogP contribution in [0.15, 0.2) is 42.2 Å². The van der Waals surface area contributed by atoms with E-state index in [0.29, 0.717) is 0 Å². The number of benzene rings is 1. The van der Waals surface area contributed by atoms with Gasteiger partial charge in [-0.2, -0.15) is 0 Å². The second-order valence-corrected chi connectivity index (χ2v) is 5.25. The summed E-state index contributed by atoms with van der Waals surface area (Å²) in [6, 6.07) is 9.43. The van der Waals surface area contributed by atoms with Gasteiger partial charge in [0.05, 0.1) is 17.9 Å². The Morgan fingerprint density at radius 2 is 2.10 bits per heavy atom. The van der Waals surface area contributed by atoms with Gasteiger partial charge in [0.2, 0.25) is 0 Å². The van der Waals surface area contributed by atoms with Gasteiger partial charge in [-0.15, -0.1) is 0 Å². The number of aliphatic carboxylic acids is 1. The van der Waals surface area contributed by atoms with E-state index in [0.717, 1.165) is 5.56 Å². The van der Waals surface area contributed by atoms with E-state index >= 15 is 0 Å². The van der Waals surface area contributed by atoms with Crippen LogP contribution in [-0.2, 0) is 14.3 Å². The second kappa shape index (κ2) is 4.37. The van der Waals surface area contributed by atoms with Crippen molar-refractivity contribution in [1.82, 2.24) is 4.90 Å². The molecule has 1 N–H and O–H groups in total. The fraction of sp³-hybridized carbons (Fsp3) is 0.333. The second-order valence-electron chi connectivity index (χ2n) is 5.25. The monoisotopic (exact) mass is 273 g/mol. The van der Waals surface area contributed by atoms with Crippen molar-refractivity contribution in [3.05, 3.63) is 47.7 Å². The lowest BCUT2D eigenvalue weighted by Crippen LogP contribution is -2.38. The van der Waals surface area contributed by atoms with Crippen molar-refractivity contribution >= 4 is 11.9 Å². The molecule has 0 spiro atoms. The summed E-state index contributed by atoms with van der Waals surface area (Å²) in [6.45, 7) is 2.09. The van der Waals surface area contributed by atoms with Gasteiger partial charge >= 0.3 is 5.97 Å². The lowest BCUT2D eigenvalue weighted by atomic mass is 9.85. The normalized spacial score (nSPS) is 25.9. The third kappa shape index (κ3) is 1.62. The van der Waals surface area contributed by atoms with Crippen molar-refractivity contribution in [3.8, 4) is 0 Å². The van der Waals surface area contributed by atoms with Crippen molar-refractivity contribution in [1.29, 1.82) is 0 Å². The number of nitrogens with zero attached hydrogens (tertiary/aromatic N) is 1. The maximum Gasteiger partial charge on any atom is 0.319 e. The molecule has 1 fully saturated rings. The maximum atomic E-state index is 12.4. The molecule has 2 atom stereocenters. The summed E-state index contributed by atoms with van der Waals surface area (Å²) in [6.07, 6.45) is 1.30. The summed E-state index contributed by atoms with van der Waals surface area (Å²) in [5.41, 5.74) is 0.0378. The lowest BCUT2D eigenvalue weighted by molar-refractivity contribution is -0.147. The van der Waals surface area contributed by atoms with Crippen LogP contribution in [0.1, 0.15) is 18.5 Å². The van der Waals surface area contributed by atoms with Crippen LogP contribution in [0.5, 0.6) is 0 Å². The van der Waals surface area contributed by atoms with Gasteiger partial charge < -0.3 is 14.7 Å². The lowest BCUT2D eigenvalue weighted by Gasteiger charge is -2.26. The molecular formula is C15H15NO4. The zero-order valence-corrected chi connectivity index (χ0v) is 11.1. The topological polar surface area (TPSA) is 66.8 Å². The van der Waals surface area contributed by atoms with Crippen molar-refractivity contribution in [2.45, 2.75) is 13.0 Å². The molecule has 20 heavy (non-hydrogen) atoms. The van der Waals surface area contributed by atoms with Crippen LogP contribution in [0.2, 0.25) is 0 Å². The predicted octanol–water partition coefficient (Wildman–Crippen LogP) is 1.57. The number of carboxylic acids is 1. The van der Waals surface area contributed by atoms with Crippen LogP contribution < -0.4 is 0 Å². The molecule has 0 unspecified atom stereocenters. The average Bonchev–Trinajstić information content (AvgIpc) is 2.99. The van der Waals surface area contributed by atoms with E-state index < -0.39 is 11.4 Å². The standard InChI is InChI=1S/C15H15NO4/c1-10(11-5-3-2-4-6-11)16-8-15(14(18)19)9-20-7-12(15)13(16)17/h2-7,10H,8-9H2,1H3,(H,18,19)/t10-,15+/m1/s1. The van der Waals surface area contributed by atoms with Crippen LogP contribution in [0.4, 0.5) is 0 Å². The Morgan fingerprint density at radius 3 is 2.70 bits per heavy atom. The van der Waals surface area contributed by atoms with Gasteiger partial charge in [0.1, 0.15) is 6.61 Å². The van der Waals surface area contributed by atoms with Gasteiger partial charge in [-0.05, 0) is 12.5 Å². The Hall–Kier alpha value is -2.30. The van der Waals surface area contributed by atoms with Crippen LogP contribution in [-0.4, -0.2) is 35.0 Å². The molecule has 0 bridgehead atoms. The highest BCUT2D eigenvalue weighted by Crippen LogP contribution is 2.44. The van der Waals surface area contributed by atoms with Crippen LogP contribution in [0.25, 0.3) is 0 Å². The Morgan fingerprint density at radius 1 is 1.40 bits per heavy atom. The molecule has 104 valence electrons. The van der Waals surface area contributed by atoms with Gasteiger partial charge in [0.25, 0.3) is 5.91 Å². The Labute approximate surface area is 116 Å². The number of likely N-dealkylation sites (tertiary alicyclic amines) is 1. The first kappa shape index (κ1) is 12.7. The van der Waals surface area contributed by atoms with Crippen LogP contribution in [0, 0.1) is 5.41 Å². The Balaban J connectivity index is 1.94. The van der Waals surface area contributed by atoms with Gasteiger partial charge in [-0.1, -0.05) is 30.3 Å². The Bertz CT molecular complexity index is 595. The molecule has 3 rings (SSSR count). The number of ether oxygens (including phenoxy) is 1. The highest BCUT2D eigenvalue weighted by molar-refractivity contribution is 6.05. The van der Waals surface area contributed by atoms with Gasteiger partial charge in [0, 0.05) is 6.54 Å². The summed E-state index contributed by atoms with van der Waals surface area (Å²) in [4.78, 5) is 25.6. The summed E-state index contributed by atoms with van der Waals surface area (Å²) in [7, 11) is 0. The molecule has 5 heteroatoms. The SMILES string of the molecule is C[C@H](c1ccccc1)N1C[C@]2(C(=O)O)COC=C2C1=O.